The van der Waals surface area contributed by atoms with Crippen LogP contribution < -0.4 is 15.6 Å². The maximum absolute atomic E-state index is 13.6. The first kappa shape index (κ1) is 28.3. The molecule has 3 aromatic rings. The Morgan fingerprint density at radius 2 is 1.85 bits per heavy atom. The van der Waals surface area contributed by atoms with E-state index in [2.05, 4.69) is 20.3 Å². The highest BCUT2D eigenvalue weighted by molar-refractivity contribution is 5.79. The lowest BCUT2D eigenvalue weighted by atomic mass is 10.1. The average molecular weight is 539 g/mol. The maximum atomic E-state index is 13.6. The van der Waals surface area contributed by atoms with Crippen LogP contribution in [0.3, 0.4) is 0 Å². The number of nitrogens with zero attached hydrogens (tertiary/aromatic N) is 5. The summed E-state index contributed by atoms with van der Waals surface area (Å²) < 4.78 is 18.0. The van der Waals surface area contributed by atoms with Crippen LogP contribution in [0.4, 0.5) is 10.6 Å². The van der Waals surface area contributed by atoms with Crippen LogP contribution in [0.15, 0.2) is 35.4 Å². The van der Waals surface area contributed by atoms with Gasteiger partial charge >= 0.3 is 6.09 Å². The van der Waals surface area contributed by atoms with Gasteiger partial charge in [-0.2, -0.15) is 0 Å². The van der Waals surface area contributed by atoms with Crippen molar-refractivity contribution in [3.05, 3.63) is 40.9 Å². The molecular weight excluding hydrogens is 500 g/mol. The maximum Gasteiger partial charge on any atom is 0.410 e. The third kappa shape index (κ3) is 7.23. The van der Waals surface area contributed by atoms with Gasteiger partial charge < -0.3 is 24.4 Å². The Kier molecular flexibility index (Phi) is 9.01. The molecule has 4 rings (SSSR count). The monoisotopic (exact) mass is 538 g/mol. The van der Waals surface area contributed by atoms with Gasteiger partial charge in [-0.15, -0.1) is 0 Å². The number of amides is 1. The summed E-state index contributed by atoms with van der Waals surface area (Å²) in [6.07, 6.45) is 5.37. The number of piperidine rings is 1. The second-order valence-corrected chi connectivity index (χ2v) is 10.6. The van der Waals surface area contributed by atoms with E-state index in [4.69, 9.17) is 14.2 Å². The highest BCUT2D eigenvalue weighted by Crippen LogP contribution is 2.24. The zero-order valence-electron chi connectivity index (χ0n) is 23.4. The van der Waals surface area contributed by atoms with Gasteiger partial charge in [0.2, 0.25) is 5.88 Å². The van der Waals surface area contributed by atoms with E-state index in [0.29, 0.717) is 62.7 Å². The number of aromatic nitrogens is 4. The van der Waals surface area contributed by atoms with E-state index < -0.39 is 5.60 Å². The average Bonchev–Trinajstić information content (AvgIpc) is 2.92. The van der Waals surface area contributed by atoms with Gasteiger partial charge in [0.1, 0.15) is 5.60 Å². The molecule has 0 spiro atoms. The fraction of sp³-hybridized carbons (Fsp3) is 0.536. The Balaban J connectivity index is 1.57. The lowest BCUT2D eigenvalue weighted by molar-refractivity contribution is 0.0210. The second kappa shape index (κ2) is 12.4. The van der Waals surface area contributed by atoms with Gasteiger partial charge in [-0.1, -0.05) is 6.92 Å². The summed E-state index contributed by atoms with van der Waals surface area (Å²) in [7, 11) is 1.57. The molecule has 1 amide bonds. The van der Waals surface area contributed by atoms with Gasteiger partial charge in [0.05, 0.1) is 19.2 Å². The molecule has 0 saturated carbocycles. The summed E-state index contributed by atoms with van der Waals surface area (Å²) in [5, 5.41) is 3.32. The first-order valence-electron chi connectivity index (χ1n) is 13.4. The van der Waals surface area contributed by atoms with Crippen molar-refractivity contribution in [1.29, 1.82) is 0 Å². The lowest BCUT2D eigenvalue weighted by Crippen LogP contribution is -2.45. The molecule has 0 radical (unpaired) electrons. The summed E-state index contributed by atoms with van der Waals surface area (Å²) >= 11 is 0. The van der Waals surface area contributed by atoms with Crippen LogP contribution in [-0.2, 0) is 16.0 Å². The van der Waals surface area contributed by atoms with Crippen molar-refractivity contribution in [1.82, 2.24) is 24.4 Å². The lowest BCUT2D eigenvalue weighted by Gasteiger charge is -2.33. The molecule has 1 fully saturated rings. The number of fused-ring (bicyclic) bond motifs is 1. The third-order valence-electron chi connectivity index (χ3n) is 6.38. The number of methoxy groups -OCH3 is 1. The minimum absolute atomic E-state index is 0.00391. The minimum atomic E-state index is -0.538. The molecule has 0 unspecified atom stereocenters. The number of hydrogen-bond acceptors (Lipinski definition) is 9. The molecule has 11 heteroatoms. The number of carbonyl (C=O) groups is 1. The zero-order valence-corrected chi connectivity index (χ0v) is 23.4. The zero-order chi connectivity index (χ0) is 28.0. The molecule has 0 aromatic carbocycles. The summed E-state index contributed by atoms with van der Waals surface area (Å²) in [4.78, 5) is 41.2. The van der Waals surface area contributed by atoms with E-state index in [1.807, 2.05) is 39.8 Å². The highest BCUT2D eigenvalue weighted by Gasteiger charge is 2.27. The first-order valence-corrected chi connectivity index (χ1v) is 13.4. The first-order chi connectivity index (χ1) is 18.7. The predicted octanol–water partition coefficient (Wildman–Crippen LogP) is 4.10. The Morgan fingerprint density at radius 1 is 1.10 bits per heavy atom. The largest absolute Gasteiger partial charge is 0.481 e. The number of carbonyl (C=O) groups excluding carboxylic acids is 1. The molecule has 3 aromatic heterocycles. The second-order valence-electron chi connectivity index (χ2n) is 10.6. The van der Waals surface area contributed by atoms with Crippen LogP contribution in [0.5, 0.6) is 5.88 Å². The Labute approximate surface area is 228 Å². The van der Waals surface area contributed by atoms with Crippen molar-refractivity contribution >= 4 is 23.1 Å². The van der Waals surface area contributed by atoms with Crippen LogP contribution in [0.2, 0.25) is 0 Å². The summed E-state index contributed by atoms with van der Waals surface area (Å²) in [6, 6.07) is 5.58. The molecule has 11 nitrogen and oxygen atoms in total. The molecule has 0 aliphatic carbocycles. The van der Waals surface area contributed by atoms with Crippen molar-refractivity contribution in [2.75, 3.05) is 38.7 Å². The van der Waals surface area contributed by atoms with Crippen LogP contribution in [-0.4, -0.2) is 75.6 Å². The number of likely N-dealkylation sites (tertiary alicyclic amines) is 1. The molecule has 1 aliphatic heterocycles. The summed E-state index contributed by atoms with van der Waals surface area (Å²) in [5.74, 6) is 0.770. The number of pyridine rings is 2. The smallest absolute Gasteiger partial charge is 0.410 e. The molecule has 1 saturated heterocycles. The predicted molar refractivity (Wildman–Crippen MR) is 149 cm³/mol. The Bertz CT molecular complexity index is 1330. The highest BCUT2D eigenvalue weighted by atomic mass is 16.6. The van der Waals surface area contributed by atoms with E-state index in [9.17, 15) is 9.59 Å². The SMILES string of the molecule is CCCOCCn1c(=O)c(NC2CCN(C(=O)OC(C)(C)C)CC2)nc2ncc(-c3ccc(OC)nc3)cc21. The van der Waals surface area contributed by atoms with Crippen molar-refractivity contribution in [3.8, 4) is 17.0 Å². The molecule has 1 aliphatic rings. The van der Waals surface area contributed by atoms with Crippen LogP contribution in [0, 0.1) is 0 Å². The van der Waals surface area contributed by atoms with E-state index in [1.165, 1.54) is 0 Å². The molecule has 1 N–H and O–H groups in total. The van der Waals surface area contributed by atoms with Crippen molar-refractivity contribution in [3.63, 3.8) is 0 Å². The van der Waals surface area contributed by atoms with Gasteiger partial charge in [0.25, 0.3) is 5.56 Å². The van der Waals surface area contributed by atoms with Gasteiger partial charge in [-0.25, -0.2) is 19.7 Å². The van der Waals surface area contributed by atoms with E-state index in [1.54, 1.807) is 35.0 Å². The molecule has 39 heavy (non-hydrogen) atoms. The fourth-order valence-electron chi connectivity index (χ4n) is 4.40. The minimum Gasteiger partial charge on any atom is -0.481 e. The van der Waals surface area contributed by atoms with E-state index in [0.717, 1.165) is 17.5 Å². The van der Waals surface area contributed by atoms with E-state index in [-0.39, 0.29) is 23.5 Å². The topological polar surface area (TPSA) is 121 Å². The summed E-state index contributed by atoms with van der Waals surface area (Å²) in [5.41, 5.74) is 1.98. The van der Waals surface area contributed by atoms with Crippen LogP contribution in [0.25, 0.3) is 22.3 Å². The Morgan fingerprint density at radius 3 is 2.49 bits per heavy atom. The molecule has 0 bridgehead atoms. The van der Waals surface area contributed by atoms with Crippen LogP contribution in [0.1, 0.15) is 47.0 Å². The number of hydrogen-bond donors (Lipinski definition) is 1. The molecular formula is C28H38N6O5. The molecule has 0 atom stereocenters. The normalized spacial score (nSPS) is 14.4. The van der Waals surface area contributed by atoms with Crippen molar-refractivity contribution in [2.45, 2.75) is 65.1 Å². The Hall–Kier alpha value is -3.73. The quantitative estimate of drug-likeness (QED) is 0.401. The fourth-order valence-corrected chi connectivity index (χ4v) is 4.40. The van der Waals surface area contributed by atoms with Crippen molar-refractivity contribution < 1.29 is 19.0 Å². The van der Waals surface area contributed by atoms with E-state index >= 15 is 0 Å². The van der Waals surface area contributed by atoms with Crippen LogP contribution >= 0.6 is 0 Å². The molecule has 210 valence electrons. The number of anilines is 1. The molecule has 4 heterocycles. The van der Waals surface area contributed by atoms with Gasteiger partial charge in [0, 0.05) is 61.9 Å². The van der Waals surface area contributed by atoms with Gasteiger partial charge in [-0.05, 0) is 52.2 Å². The van der Waals surface area contributed by atoms with Gasteiger partial charge in [0.15, 0.2) is 11.5 Å². The van der Waals surface area contributed by atoms with Gasteiger partial charge in [-0.3, -0.25) is 9.36 Å². The third-order valence-corrected chi connectivity index (χ3v) is 6.38. The number of rotatable bonds is 9. The number of ether oxygens (including phenoxy) is 3. The summed E-state index contributed by atoms with van der Waals surface area (Å²) in [6.45, 7) is 10.1. The standard InChI is InChI=1S/C28H38N6O5/c1-6-14-38-15-13-34-22-16-20(19-7-8-23(37-5)29-17-19)18-30-24(22)32-25(26(34)35)31-21-9-11-33(12-10-21)27(36)39-28(2,3)4/h7-8,16-18,21H,6,9-15H2,1-5H3,(H,30,31,32). The number of nitrogens with one attached hydrogen (secondary N) is 1. The van der Waals surface area contributed by atoms with Crippen molar-refractivity contribution in [2.24, 2.45) is 0 Å².